The molecule has 4 aromatic rings. The normalized spacial score (nSPS) is 16.8. The number of benzene rings is 4. The predicted molar refractivity (Wildman–Crippen MR) is 182 cm³/mol. The van der Waals surface area contributed by atoms with Gasteiger partial charge in [0.25, 0.3) is 5.91 Å². The SMILES string of the molecule is CN(C)c1ccc(CNNC(=O)[C@@]2(Cc3ccccc3)N=C(c3ccc(OCCCO)cc3)O[C@H]2c2ccccc2CN=[N+]=[N-])cc1. The first-order valence-electron chi connectivity index (χ1n) is 15.5. The minimum Gasteiger partial charge on any atom is -0.494 e. The summed E-state index contributed by atoms with van der Waals surface area (Å²) in [5.74, 6) is 0.586. The molecule has 47 heavy (non-hydrogen) atoms. The molecule has 1 aliphatic heterocycles. The number of ether oxygens (including phenoxy) is 2. The quantitative estimate of drug-likeness (QED) is 0.0508. The predicted octanol–water partition coefficient (Wildman–Crippen LogP) is 5.64. The third kappa shape index (κ3) is 8.09. The van der Waals surface area contributed by atoms with E-state index < -0.39 is 11.6 Å². The Bertz CT molecular complexity index is 1710. The zero-order valence-corrected chi connectivity index (χ0v) is 26.5. The summed E-state index contributed by atoms with van der Waals surface area (Å²) in [6.07, 6.45) is -0.0729. The molecule has 1 amide bonds. The van der Waals surface area contributed by atoms with Crippen molar-refractivity contribution in [1.82, 2.24) is 10.9 Å². The van der Waals surface area contributed by atoms with Crippen LogP contribution in [-0.2, 0) is 29.0 Å². The van der Waals surface area contributed by atoms with Crippen LogP contribution in [0.5, 0.6) is 5.75 Å². The van der Waals surface area contributed by atoms with Gasteiger partial charge < -0.3 is 19.5 Å². The molecule has 0 fully saturated rings. The van der Waals surface area contributed by atoms with Crippen LogP contribution in [0.25, 0.3) is 10.4 Å². The number of aliphatic hydroxyl groups excluding tert-OH is 1. The molecule has 5 rings (SSSR count). The second-order valence-electron chi connectivity index (χ2n) is 11.4. The molecule has 242 valence electrons. The van der Waals surface area contributed by atoms with E-state index in [0.29, 0.717) is 42.3 Å². The number of azide groups is 1. The van der Waals surface area contributed by atoms with Crippen LogP contribution in [0.1, 0.15) is 40.3 Å². The molecule has 0 bridgehead atoms. The van der Waals surface area contributed by atoms with E-state index in [0.717, 1.165) is 22.4 Å². The van der Waals surface area contributed by atoms with Gasteiger partial charge in [0.05, 0.1) is 13.2 Å². The van der Waals surface area contributed by atoms with Gasteiger partial charge in [-0.05, 0) is 64.2 Å². The Hall–Kier alpha value is -5.35. The van der Waals surface area contributed by atoms with E-state index in [2.05, 4.69) is 20.9 Å². The van der Waals surface area contributed by atoms with Crippen LogP contribution in [0.3, 0.4) is 0 Å². The van der Waals surface area contributed by atoms with Crippen molar-refractivity contribution in [3.63, 3.8) is 0 Å². The average Bonchev–Trinajstić information content (AvgIpc) is 3.48. The van der Waals surface area contributed by atoms with Crippen LogP contribution >= 0.6 is 0 Å². The highest BCUT2D eigenvalue weighted by atomic mass is 16.5. The topological polar surface area (TPSA) is 144 Å². The summed E-state index contributed by atoms with van der Waals surface area (Å²) in [6, 6.07) is 32.5. The number of aliphatic hydroxyl groups is 1. The minimum atomic E-state index is -1.43. The first-order chi connectivity index (χ1) is 22.9. The molecule has 0 radical (unpaired) electrons. The molecule has 11 heteroatoms. The van der Waals surface area contributed by atoms with Gasteiger partial charge in [0.2, 0.25) is 5.90 Å². The van der Waals surface area contributed by atoms with Crippen LogP contribution in [0.15, 0.2) is 113 Å². The van der Waals surface area contributed by atoms with Gasteiger partial charge >= 0.3 is 0 Å². The van der Waals surface area contributed by atoms with Gasteiger partial charge in [0, 0.05) is 56.3 Å². The molecule has 0 unspecified atom stereocenters. The number of nitrogens with zero attached hydrogens (tertiary/aromatic N) is 5. The molecule has 3 N–H and O–H groups in total. The van der Waals surface area contributed by atoms with E-state index in [1.165, 1.54) is 0 Å². The van der Waals surface area contributed by atoms with E-state index in [1.54, 1.807) is 0 Å². The Labute approximate surface area is 274 Å². The fourth-order valence-electron chi connectivity index (χ4n) is 5.45. The molecular weight excluding hydrogens is 594 g/mol. The summed E-state index contributed by atoms with van der Waals surface area (Å²) in [6.45, 7) is 0.930. The lowest BCUT2D eigenvalue weighted by atomic mass is 9.81. The smallest absolute Gasteiger partial charge is 0.266 e. The number of anilines is 1. The summed E-state index contributed by atoms with van der Waals surface area (Å²) in [7, 11) is 3.97. The fourth-order valence-corrected chi connectivity index (χ4v) is 5.45. The molecule has 0 saturated heterocycles. The van der Waals surface area contributed by atoms with Gasteiger partial charge in [0.15, 0.2) is 11.6 Å². The van der Waals surface area contributed by atoms with Gasteiger partial charge in [0.1, 0.15) is 5.75 Å². The van der Waals surface area contributed by atoms with Crippen molar-refractivity contribution in [2.45, 2.75) is 37.6 Å². The lowest BCUT2D eigenvalue weighted by Crippen LogP contribution is -2.53. The minimum absolute atomic E-state index is 0.0500. The number of amides is 1. The molecule has 1 aliphatic rings. The van der Waals surface area contributed by atoms with E-state index in [4.69, 9.17) is 25.1 Å². The van der Waals surface area contributed by atoms with Crippen LogP contribution in [-0.4, -0.2) is 49.8 Å². The van der Waals surface area contributed by atoms with Crippen LogP contribution in [0.2, 0.25) is 0 Å². The largest absolute Gasteiger partial charge is 0.494 e. The zero-order valence-electron chi connectivity index (χ0n) is 26.5. The number of carbonyl (C=O) groups is 1. The molecule has 0 spiro atoms. The standard InChI is InChI=1S/C36H39N7O4/c1-43(2)30-17-13-27(14-18-30)24-38-41-35(45)36(23-26-9-4-3-5-10-26)33(32-12-7-6-11-29(32)25-39-42-37)47-34(40-36)28-15-19-31(20-16-28)46-22-8-21-44/h3-7,9-20,33,38,44H,8,21-25H2,1-2H3,(H,41,45)/t33-,36-/m0/s1. The summed E-state index contributed by atoms with van der Waals surface area (Å²) in [5, 5.41) is 12.9. The lowest BCUT2D eigenvalue weighted by Gasteiger charge is -2.31. The van der Waals surface area contributed by atoms with Gasteiger partial charge in [-0.25, -0.2) is 10.4 Å². The van der Waals surface area contributed by atoms with Crippen LogP contribution in [0, 0.1) is 0 Å². The maximum Gasteiger partial charge on any atom is 0.266 e. The number of nitrogens with one attached hydrogen (secondary N) is 2. The summed E-state index contributed by atoms with van der Waals surface area (Å²) in [4.78, 5) is 24.6. The van der Waals surface area contributed by atoms with Crippen molar-refractivity contribution in [2.24, 2.45) is 10.1 Å². The third-order valence-corrected chi connectivity index (χ3v) is 7.94. The van der Waals surface area contributed by atoms with Gasteiger partial charge in [-0.3, -0.25) is 10.2 Å². The molecule has 0 aliphatic carbocycles. The Morgan fingerprint density at radius 2 is 1.72 bits per heavy atom. The monoisotopic (exact) mass is 633 g/mol. The van der Waals surface area contributed by atoms with Gasteiger partial charge in [-0.15, -0.1) is 0 Å². The van der Waals surface area contributed by atoms with Crippen molar-refractivity contribution in [2.75, 3.05) is 32.2 Å². The van der Waals surface area contributed by atoms with E-state index in [-0.39, 0.29) is 25.5 Å². The number of carbonyl (C=O) groups excluding carboxylic acids is 1. The number of hydrazine groups is 1. The van der Waals surface area contributed by atoms with Crippen molar-refractivity contribution in [3.8, 4) is 5.75 Å². The summed E-state index contributed by atoms with van der Waals surface area (Å²) >= 11 is 0. The molecule has 1 heterocycles. The average molecular weight is 634 g/mol. The van der Waals surface area contributed by atoms with Crippen molar-refractivity contribution in [3.05, 3.63) is 141 Å². The maximum atomic E-state index is 14.5. The number of hydrogen-bond donors (Lipinski definition) is 3. The van der Waals surface area contributed by atoms with Crippen LogP contribution in [0.4, 0.5) is 5.69 Å². The molecule has 2 atom stereocenters. The third-order valence-electron chi connectivity index (χ3n) is 7.94. The Balaban J connectivity index is 1.52. The van der Waals surface area contributed by atoms with Gasteiger partial charge in [-0.1, -0.05) is 71.8 Å². The Morgan fingerprint density at radius 3 is 2.43 bits per heavy atom. The van der Waals surface area contributed by atoms with Gasteiger partial charge in [-0.2, -0.15) is 0 Å². The van der Waals surface area contributed by atoms with Crippen molar-refractivity contribution < 1.29 is 19.4 Å². The molecule has 0 saturated carbocycles. The molecule has 11 nitrogen and oxygen atoms in total. The summed E-state index contributed by atoms with van der Waals surface area (Å²) in [5.41, 5.74) is 18.8. The maximum absolute atomic E-state index is 14.5. The molecular formula is C36H39N7O4. The van der Waals surface area contributed by atoms with Crippen molar-refractivity contribution in [1.29, 1.82) is 0 Å². The lowest BCUT2D eigenvalue weighted by molar-refractivity contribution is -0.130. The van der Waals surface area contributed by atoms with Crippen molar-refractivity contribution >= 4 is 17.5 Å². The highest BCUT2D eigenvalue weighted by molar-refractivity contribution is 6.01. The van der Waals surface area contributed by atoms with E-state index in [1.807, 2.05) is 122 Å². The Morgan fingerprint density at radius 1 is 1.00 bits per heavy atom. The van der Waals surface area contributed by atoms with E-state index >= 15 is 0 Å². The zero-order chi connectivity index (χ0) is 33.1. The first-order valence-corrected chi connectivity index (χ1v) is 15.5. The number of hydrogen-bond acceptors (Lipinski definition) is 8. The first kappa shape index (κ1) is 33.0. The highest BCUT2D eigenvalue weighted by Gasteiger charge is 2.53. The Kier molecular flexibility index (Phi) is 11.1. The molecule has 4 aromatic carbocycles. The van der Waals surface area contributed by atoms with E-state index in [9.17, 15) is 4.79 Å². The second-order valence-corrected chi connectivity index (χ2v) is 11.4. The fraction of sp³-hybridized carbons (Fsp3) is 0.278. The summed E-state index contributed by atoms with van der Waals surface area (Å²) < 4.78 is 12.4. The number of rotatable bonds is 15. The molecule has 0 aromatic heterocycles. The number of aliphatic imine (C=N–C) groups is 1. The highest BCUT2D eigenvalue weighted by Crippen LogP contribution is 2.43. The van der Waals surface area contributed by atoms with Crippen LogP contribution < -0.4 is 20.5 Å². The second kappa shape index (κ2) is 15.8.